The molecule has 1 rings (SSSR count). The molecule has 2 nitrogen and oxygen atoms in total. The smallest absolute Gasteiger partial charge is 0.0424 e. The molecule has 0 heterocycles. The van der Waals surface area contributed by atoms with Gasteiger partial charge in [0.2, 0.25) is 0 Å². The van der Waals surface area contributed by atoms with Gasteiger partial charge in [0, 0.05) is 25.2 Å². The first-order valence-electron chi connectivity index (χ1n) is 7.38. The van der Waals surface area contributed by atoms with Crippen LogP contribution in [0.4, 0.5) is 0 Å². The molecule has 2 N–H and O–H groups in total. The number of hydrogen-bond donors (Lipinski definition) is 1. The second-order valence-electron chi connectivity index (χ2n) is 6.39. The van der Waals surface area contributed by atoms with Crippen molar-refractivity contribution in [1.29, 1.82) is 0 Å². The minimum Gasteiger partial charge on any atom is -0.323 e. The van der Waals surface area contributed by atoms with E-state index in [9.17, 15) is 0 Å². The quantitative estimate of drug-likeness (QED) is 0.847. The molecule has 1 aromatic rings. The maximum absolute atomic E-state index is 6.39. The SMILES string of the molecule is Cc1ccc(C(N)CN(CC(C)C)C(C)C)cc1C. The average Bonchev–Trinajstić information content (AvgIpc) is 2.31. The topological polar surface area (TPSA) is 29.3 Å². The number of rotatable bonds is 6. The van der Waals surface area contributed by atoms with Gasteiger partial charge in [0.05, 0.1) is 0 Å². The molecule has 19 heavy (non-hydrogen) atoms. The van der Waals surface area contributed by atoms with Crippen LogP contribution in [0.15, 0.2) is 18.2 Å². The highest BCUT2D eigenvalue weighted by atomic mass is 15.2. The Morgan fingerprint density at radius 3 is 2.11 bits per heavy atom. The Morgan fingerprint density at radius 2 is 1.63 bits per heavy atom. The maximum atomic E-state index is 6.39. The lowest BCUT2D eigenvalue weighted by Crippen LogP contribution is -2.39. The molecule has 0 saturated heterocycles. The zero-order chi connectivity index (χ0) is 14.6. The van der Waals surface area contributed by atoms with Crippen LogP contribution in [0, 0.1) is 19.8 Å². The summed E-state index contributed by atoms with van der Waals surface area (Å²) in [4.78, 5) is 2.48. The lowest BCUT2D eigenvalue weighted by molar-refractivity contribution is 0.186. The summed E-state index contributed by atoms with van der Waals surface area (Å²) in [6.45, 7) is 15.3. The molecular formula is C17H30N2. The van der Waals surface area contributed by atoms with E-state index >= 15 is 0 Å². The van der Waals surface area contributed by atoms with E-state index in [2.05, 4.69) is 64.6 Å². The van der Waals surface area contributed by atoms with Gasteiger partial charge in [0.25, 0.3) is 0 Å². The van der Waals surface area contributed by atoms with Gasteiger partial charge in [-0.3, -0.25) is 4.90 Å². The van der Waals surface area contributed by atoms with Gasteiger partial charge in [-0.05, 0) is 50.3 Å². The van der Waals surface area contributed by atoms with Gasteiger partial charge in [-0.25, -0.2) is 0 Å². The molecular weight excluding hydrogens is 232 g/mol. The van der Waals surface area contributed by atoms with E-state index in [1.165, 1.54) is 16.7 Å². The van der Waals surface area contributed by atoms with Crippen LogP contribution in [0.3, 0.4) is 0 Å². The molecule has 0 aliphatic carbocycles. The van der Waals surface area contributed by atoms with Gasteiger partial charge in [0.15, 0.2) is 0 Å². The number of aryl methyl sites for hydroxylation is 2. The fraction of sp³-hybridized carbons (Fsp3) is 0.647. The molecule has 0 radical (unpaired) electrons. The predicted molar refractivity (Wildman–Crippen MR) is 84.4 cm³/mol. The summed E-state index contributed by atoms with van der Waals surface area (Å²) >= 11 is 0. The van der Waals surface area contributed by atoms with Crippen LogP contribution in [0.1, 0.15) is 50.4 Å². The molecule has 0 aliphatic rings. The highest BCUT2D eigenvalue weighted by molar-refractivity contribution is 5.31. The minimum atomic E-state index is 0.0976. The van der Waals surface area contributed by atoms with E-state index in [1.807, 2.05) is 0 Å². The summed E-state index contributed by atoms with van der Waals surface area (Å²) in [5.41, 5.74) is 10.3. The molecule has 2 heteroatoms. The van der Waals surface area contributed by atoms with E-state index in [0.29, 0.717) is 12.0 Å². The van der Waals surface area contributed by atoms with Gasteiger partial charge in [-0.1, -0.05) is 32.0 Å². The average molecular weight is 262 g/mol. The van der Waals surface area contributed by atoms with Crippen molar-refractivity contribution >= 4 is 0 Å². The van der Waals surface area contributed by atoms with Gasteiger partial charge in [-0.2, -0.15) is 0 Å². The summed E-state index contributed by atoms with van der Waals surface area (Å²) < 4.78 is 0. The first kappa shape index (κ1) is 16.2. The third-order valence-electron chi connectivity index (χ3n) is 3.72. The van der Waals surface area contributed by atoms with Crippen LogP contribution >= 0.6 is 0 Å². The van der Waals surface area contributed by atoms with Crippen molar-refractivity contribution in [2.24, 2.45) is 11.7 Å². The zero-order valence-electron chi connectivity index (χ0n) is 13.4. The Labute approximate surface area is 119 Å². The molecule has 1 atom stereocenters. The zero-order valence-corrected chi connectivity index (χ0v) is 13.4. The summed E-state index contributed by atoms with van der Waals surface area (Å²) in [5, 5.41) is 0. The van der Waals surface area contributed by atoms with E-state index in [4.69, 9.17) is 5.73 Å². The van der Waals surface area contributed by atoms with Crippen LogP contribution in [0.2, 0.25) is 0 Å². The molecule has 0 fully saturated rings. The number of nitrogens with zero attached hydrogens (tertiary/aromatic N) is 1. The van der Waals surface area contributed by atoms with E-state index in [0.717, 1.165) is 13.1 Å². The summed E-state index contributed by atoms with van der Waals surface area (Å²) in [6, 6.07) is 7.21. The molecule has 0 spiro atoms. The number of nitrogens with two attached hydrogens (primary N) is 1. The van der Waals surface area contributed by atoms with E-state index in [1.54, 1.807) is 0 Å². The number of hydrogen-bond acceptors (Lipinski definition) is 2. The Hall–Kier alpha value is -0.860. The molecule has 1 unspecified atom stereocenters. The second kappa shape index (κ2) is 7.06. The first-order valence-corrected chi connectivity index (χ1v) is 7.38. The Kier molecular flexibility index (Phi) is 6.02. The first-order chi connectivity index (χ1) is 8.81. The molecule has 108 valence electrons. The molecule has 0 aliphatic heterocycles. The number of benzene rings is 1. The highest BCUT2D eigenvalue weighted by Gasteiger charge is 2.16. The fourth-order valence-corrected chi connectivity index (χ4v) is 2.32. The maximum Gasteiger partial charge on any atom is 0.0424 e. The van der Waals surface area contributed by atoms with Crippen molar-refractivity contribution in [2.75, 3.05) is 13.1 Å². The molecule has 0 aromatic heterocycles. The van der Waals surface area contributed by atoms with Gasteiger partial charge < -0.3 is 5.73 Å². The Bertz CT molecular complexity index is 396. The second-order valence-corrected chi connectivity index (χ2v) is 6.39. The van der Waals surface area contributed by atoms with E-state index < -0.39 is 0 Å². The third kappa shape index (κ3) is 4.96. The predicted octanol–water partition coefficient (Wildman–Crippen LogP) is 3.67. The lowest BCUT2D eigenvalue weighted by Gasteiger charge is -2.31. The molecule has 1 aromatic carbocycles. The molecule has 0 amide bonds. The molecule has 0 bridgehead atoms. The van der Waals surface area contributed by atoms with E-state index in [-0.39, 0.29) is 6.04 Å². The van der Waals surface area contributed by atoms with Crippen molar-refractivity contribution in [2.45, 2.75) is 53.6 Å². The fourth-order valence-electron chi connectivity index (χ4n) is 2.32. The molecule has 0 saturated carbocycles. The van der Waals surface area contributed by atoms with Crippen LogP contribution in [0.25, 0.3) is 0 Å². The van der Waals surface area contributed by atoms with Crippen molar-refractivity contribution in [3.8, 4) is 0 Å². The highest BCUT2D eigenvalue weighted by Crippen LogP contribution is 2.18. The summed E-state index contributed by atoms with van der Waals surface area (Å²) in [5.74, 6) is 0.675. The Morgan fingerprint density at radius 1 is 1.00 bits per heavy atom. The van der Waals surface area contributed by atoms with Crippen LogP contribution in [-0.2, 0) is 0 Å². The van der Waals surface area contributed by atoms with Crippen molar-refractivity contribution in [3.05, 3.63) is 34.9 Å². The van der Waals surface area contributed by atoms with Crippen LogP contribution in [-0.4, -0.2) is 24.0 Å². The Balaban J connectivity index is 2.75. The van der Waals surface area contributed by atoms with Crippen molar-refractivity contribution in [1.82, 2.24) is 4.90 Å². The minimum absolute atomic E-state index is 0.0976. The summed E-state index contributed by atoms with van der Waals surface area (Å²) in [6.07, 6.45) is 0. The van der Waals surface area contributed by atoms with Crippen molar-refractivity contribution in [3.63, 3.8) is 0 Å². The third-order valence-corrected chi connectivity index (χ3v) is 3.72. The van der Waals surface area contributed by atoms with Crippen LogP contribution < -0.4 is 5.73 Å². The largest absolute Gasteiger partial charge is 0.323 e. The standard InChI is InChI=1S/C17H30N2/c1-12(2)10-19(13(3)4)11-17(18)16-8-7-14(5)15(6)9-16/h7-9,12-13,17H,10-11,18H2,1-6H3. The monoisotopic (exact) mass is 262 g/mol. The van der Waals surface area contributed by atoms with Crippen LogP contribution in [0.5, 0.6) is 0 Å². The lowest BCUT2D eigenvalue weighted by atomic mass is 10.0. The van der Waals surface area contributed by atoms with Gasteiger partial charge >= 0.3 is 0 Å². The summed E-state index contributed by atoms with van der Waals surface area (Å²) in [7, 11) is 0. The van der Waals surface area contributed by atoms with Gasteiger partial charge in [-0.15, -0.1) is 0 Å². The normalized spacial score (nSPS) is 13.6. The van der Waals surface area contributed by atoms with Crippen molar-refractivity contribution < 1.29 is 0 Å². The van der Waals surface area contributed by atoms with Gasteiger partial charge in [0.1, 0.15) is 0 Å².